The Morgan fingerprint density at radius 3 is 3.08 bits per heavy atom. The van der Waals surface area contributed by atoms with E-state index in [2.05, 4.69) is 28.7 Å². The zero-order valence-corrected chi connectivity index (χ0v) is 14.2. The highest BCUT2D eigenvalue weighted by atomic mass is 32.1. The van der Waals surface area contributed by atoms with Gasteiger partial charge in [0.1, 0.15) is 16.7 Å². The largest absolute Gasteiger partial charge is 0.489 e. The Morgan fingerprint density at radius 1 is 1.46 bits per heavy atom. The lowest BCUT2D eigenvalue weighted by Gasteiger charge is -2.14. The summed E-state index contributed by atoms with van der Waals surface area (Å²) in [4.78, 5) is 8.15. The number of nitriles is 1. The first-order valence-corrected chi connectivity index (χ1v) is 8.42. The number of thiol groups is 1. The van der Waals surface area contributed by atoms with Crippen LogP contribution in [-0.4, -0.2) is 22.2 Å². The summed E-state index contributed by atoms with van der Waals surface area (Å²) in [6.07, 6.45) is 11.0. The Bertz CT molecular complexity index is 843. The van der Waals surface area contributed by atoms with E-state index in [-0.39, 0.29) is 12.0 Å². The summed E-state index contributed by atoms with van der Waals surface area (Å²) < 4.78 is 6.13. The van der Waals surface area contributed by atoms with Crippen molar-refractivity contribution in [1.29, 1.82) is 5.26 Å². The highest BCUT2D eigenvalue weighted by Gasteiger charge is 2.42. The summed E-state index contributed by atoms with van der Waals surface area (Å²) in [6, 6.07) is 6.14. The highest BCUT2D eigenvalue weighted by molar-refractivity contribution is 7.82. The average Bonchev–Trinajstić information content (AvgIpc) is 3.06. The number of aromatic nitrogens is 1. The molecule has 3 heterocycles. The normalized spacial score (nSPS) is 32.7. The van der Waals surface area contributed by atoms with Gasteiger partial charge in [-0.15, -0.1) is 12.6 Å². The van der Waals surface area contributed by atoms with Crippen LogP contribution in [0.15, 0.2) is 58.6 Å². The van der Waals surface area contributed by atoms with Crippen LogP contribution in [0.3, 0.4) is 0 Å². The Balaban J connectivity index is 1.67. The van der Waals surface area contributed by atoms with Crippen LogP contribution in [0.1, 0.15) is 25.3 Å². The van der Waals surface area contributed by atoms with Crippen LogP contribution in [-0.2, 0) is 4.74 Å². The van der Waals surface area contributed by atoms with Crippen molar-refractivity contribution in [2.45, 2.75) is 30.7 Å². The van der Waals surface area contributed by atoms with Gasteiger partial charge in [-0.1, -0.05) is 6.07 Å². The van der Waals surface area contributed by atoms with Crippen molar-refractivity contribution >= 4 is 24.4 Å². The fourth-order valence-corrected chi connectivity index (χ4v) is 3.68. The number of ether oxygens (including phenoxy) is 1. The number of allylic oxidation sites excluding steroid dienone is 2. The molecule has 24 heavy (non-hydrogen) atoms. The summed E-state index contributed by atoms with van der Waals surface area (Å²) in [6.45, 7) is 1.94. The fourth-order valence-electron chi connectivity index (χ4n) is 3.55. The predicted octanol–water partition coefficient (Wildman–Crippen LogP) is 3.71. The maximum absolute atomic E-state index is 9.61. The second-order valence-corrected chi connectivity index (χ2v) is 7.41. The van der Waals surface area contributed by atoms with E-state index >= 15 is 0 Å². The predicted molar refractivity (Wildman–Crippen MR) is 96.4 cm³/mol. The van der Waals surface area contributed by atoms with E-state index in [4.69, 9.17) is 4.74 Å². The van der Waals surface area contributed by atoms with Crippen molar-refractivity contribution in [1.82, 2.24) is 4.98 Å². The van der Waals surface area contributed by atoms with Gasteiger partial charge in [-0.05, 0) is 37.1 Å². The molecule has 3 aliphatic rings. The third kappa shape index (κ3) is 2.57. The third-order valence-corrected chi connectivity index (χ3v) is 5.02. The van der Waals surface area contributed by atoms with Crippen LogP contribution in [0.5, 0.6) is 0 Å². The summed E-state index contributed by atoms with van der Waals surface area (Å²) in [5, 5.41) is 9.61. The van der Waals surface area contributed by atoms with E-state index in [0.717, 1.165) is 40.9 Å². The van der Waals surface area contributed by atoms with Crippen molar-refractivity contribution in [2.75, 3.05) is 0 Å². The number of aliphatic imine (C=N–C) groups is 1. The maximum Gasteiger partial charge on any atom is 0.124 e. The monoisotopic (exact) mass is 335 g/mol. The van der Waals surface area contributed by atoms with E-state index in [0.29, 0.717) is 0 Å². The fraction of sp³-hybridized carbons (Fsp3) is 0.316. The van der Waals surface area contributed by atoms with Gasteiger partial charge in [0.05, 0.1) is 11.6 Å². The molecule has 0 spiro atoms. The van der Waals surface area contributed by atoms with Gasteiger partial charge < -0.3 is 4.74 Å². The molecule has 0 N–H and O–H groups in total. The van der Waals surface area contributed by atoms with Gasteiger partial charge in [-0.2, -0.15) is 5.26 Å². The van der Waals surface area contributed by atoms with Crippen LogP contribution < -0.4 is 0 Å². The van der Waals surface area contributed by atoms with Crippen molar-refractivity contribution in [3.05, 3.63) is 59.1 Å². The van der Waals surface area contributed by atoms with Crippen LogP contribution >= 0.6 is 12.6 Å². The van der Waals surface area contributed by atoms with Crippen molar-refractivity contribution in [2.24, 2.45) is 10.9 Å². The van der Waals surface area contributed by atoms with Crippen LogP contribution in [0.25, 0.3) is 5.57 Å². The molecule has 4 nitrogen and oxygen atoms in total. The molecule has 0 amide bonds. The lowest BCUT2D eigenvalue weighted by Crippen LogP contribution is -2.13. The second kappa shape index (κ2) is 5.64. The van der Waals surface area contributed by atoms with E-state index in [1.807, 2.05) is 37.4 Å². The van der Waals surface area contributed by atoms with Gasteiger partial charge in [0.25, 0.3) is 0 Å². The smallest absolute Gasteiger partial charge is 0.124 e. The standard InChI is InChI=1S/C19H17N3OS/c1-19(24)5-4-17-16(11-22-19)14-7-13(8-18(14)23-17)15(9-20)12-3-2-6-21-10-12/h2-6,10-11,14,18,24H,7-8H2,1H3/b15-13-. The second-order valence-electron chi connectivity index (χ2n) is 6.51. The van der Waals surface area contributed by atoms with Gasteiger partial charge in [0.2, 0.25) is 0 Å². The van der Waals surface area contributed by atoms with E-state index < -0.39 is 4.87 Å². The first kappa shape index (κ1) is 15.2. The molecule has 120 valence electrons. The molecule has 0 radical (unpaired) electrons. The quantitative estimate of drug-likeness (QED) is 0.629. The molecule has 1 aromatic rings. The molecule has 1 aromatic heterocycles. The van der Waals surface area contributed by atoms with Gasteiger partial charge >= 0.3 is 0 Å². The zero-order chi connectivity index (χ0) is 16.7. The third-order valence-electron chi connectivity index (χ3n) is 4.76. The van der Waals surface area contributed by atoms with Crippen LogP contribution in [0, 0.1) is 17.2 Å². The Morgan fingerprint density at radius 2 is 2.33 bits per heavy atom. The maximum atomic E-state index is 9.61. The van der Waals surface area contributed by atoms with Crippen molar-refractivity contribution in [3.63, 3.8) is 0 Å². The molecule has 4 rings (SSSR count). The molecule has 0 aromatic carbocycles. The molecular formula is C19H17N3OS. The lowest BCUT2D eigenvalue weighted by atomic mass is 9.95. The zero-order valence-electron chi connectivity index (χ0n) is 13.3. The summed E-state index contributed by atoms with van der Waals surface area (Å²) in [5.41, 5.74) is 3.86. The first-order chi connectivity index (χ1) is 11.6. The number of hydrogen-bond donors (Lipinski definition) is 1. The van der Waals surface area contributed by atoms with Crippen molar-refractivity contribution < 1.29 is 4.74 Å². The first-order valence-electron chi connectivity index (χ1n) is 7.97. The Kier molecular flexibility index (Phi) is 3.58. The number of hydrogen-bond acceptors (Lipinski definition) is 5. The van der Waals surface area contributed by atoms with E-state index in [1.165, 1.54) is 0 Å². The minimum absolute atomic E-state index is 0.0883. The number of nitrogens with zero attached hydrogens (tertiary/aromatic N) is 3. The Labute approximate surface area is 146 Å². The van der Waals surface area contributed by atoms with Crippen LogP contribution in [0.2, 0.25) is 0 Å². The molecule has 3 unspecified atom stereocenters. The molecule has 5 heteroatoms. The minimum Gasteiger partial charge on any atom is -0.489 e. The molecule has 3 atom stereocenters. The Hall–Kier alpha value is -2.32. The minimum atomic E-state index is -0.506. The van der Waals surface area contributed by atoms with Gasteiger partial charge in [0, 0.05) is 42.1 Å². The van der Waals surface area contributed by atoms with Crippen molar-refractivity contribution in [3.8, 4) is 6.07 Å². The number of fused-ring (bicyclic) bond motifs is 2. The van der Waals surface area contributed by atoms with E-state index in [9.17, 15) is 5.26 Å². The SMILES string of the molecule is CC1(S)C=CC2=C(C=N1)C1C/C(=C(\C#N)c3cccnc3)CC1O2. The molecule has 0 saturated heterocycles. The summed E-state index contributed by atoms with van der Waals surface area (Å²) in [7, 11) is 0. The summed E-state index contributed by atoms with van der Waals surface area (Å²) in [5.74, 6) is 1.15. The van der Waals surface area contributed by atoms with Gasteiger partial charge in [-0.25, -0.2) is 0 Å². The molecule has 1 aliphatic carbocycles. The molecule has 0 bridgehead atoms. The van der Waals surface area contributed by atoms with E-state index in [1.54, 1.807) is 12.4 Å². The molecule has 2 aliphatic heterocycles. The number of pyridine rings is 1. The average molecular weight is 335 g/mol. The molecule has 1 saturated carbocycles. The topological polar surface area (TPSA) is 58.3 Å². The molecular weight excluding hydrogens is 318 g/mol. The summed E-state index contributed by atoms with van der Waals surface area (Å²) >= 11 is 4.51. The molecule has 1 fully saturated rings. The number of rotatable bonds is 1. The van der Waals surface area contributed by atoms with Gasteiger partial charge in [0.15, 0.2) is 0 Å². The van der Waals surface area contributed by atoms with Crippen LogP contribution in [0.4, 0.5) is 0 Å². The lowest BCUT2D eigenvalue weighted by molar-refractivity contribution is 0.138. The highest BCUT2D eigenvalue weighted by Crippen LogP contribution is 2.47. The van der Waals surface area contributed by atoms with Gasteiger partial charge in [-0.3, -0.25) is 9.98 Å².